The molecule has 1 aliphatic heterocycles. The van der Waals surface area contributed by atoms with Crippen LogP contribution in [0.4, 0.5) is 4.39 Å². The van der Waals surface area contributed by atoms with E-state index in [1.807, 2.05) is 0 Å². The topological polar surface area (TPSA) is 75.7 Å². The molecule has 2 aromatic carbocycles. The van der Waals surface area contributed by atoms with E-state index >= 15 is 0 Å². The lowest BCUT2D eigenvalue weighted by molar-refractivity contribution is -0.121. The van der Waals surface area contributed by atoms with E-state index in [9.17, 15) is 18.8 Å². The van der Waals surface area contributed by atoms with Gasteiger partial charge in [-0.25, -0.2) is 4.39 Å². The number of hydrogen-bond acceptors (Lipinski definition) is 4. The lowest BCUT2D eigenvalue weighted by Crippen LogP contribution is -2.32. The third kappa shape index (κ3) is 4.31. The number of carbonyl (C=O) groups excluding carboxylic acids is 3. The molecule has 0 fully saturated rings. The molecule has 0 aromatic heterocycles. The Labute approximate surface area is 155 Å². The molecule has 1 aliphatic rings. The predicted molar refractivity (Wildman–Crippen MR) is 95.9 cm³/mol. The van der Waals surface area contributed by atoms with Crippen LogP contribution in [0.25, 0.3) is 0 Å². The Balaban J connectivity index is 1.36. The van der Waals surface area contributed by atoms with Gasteiger partial charge in [0.2, 0.25) is 5.91 Å². The number of ether oxygens (including phenoxy) is 1. The molecule has 2 aromatic rings. The van der Waals surface area contributed by atoms with Gasteiger partial charge in [-0.15, -0.1) is 0 Å². The van der Waals surface area contributed by atoms with E-state index in [0.717, 1.165) is 0 Å². The minimum absolute atomic E-state index is 0.136. The van der Waals surface area contributed by atoms with Crippen molar-refractivity contribution in [2.75, 3.05) is 19.7 Å². The molecule has 0 bridgehead atoms. The van der Waals surface area contributed by atoms with Crippen molar-refractivity contribution in [1.29, 1.82) is 0 Å². The Morgan fingerprint density at radius 1 is 1.00 bits per heavy atom. The van der Waals surface area contributed by atoms with Gasteiger partial charge in [-0.3, -0.25) is 19.3 Å². The summed E-state index contributed by atoms with van der Waals surface area (Å²) in [4.78, 5) is 37.4. The molecule has 6 nitrogen and oxygen atoms in total. The van der Waals surface area contributed by atoms with E-state index < -0.39 is 5.82 Å². The number of halogens is 1. The molecule has 27 heavy (non-hydrogen) atoms. The van der Waals surface area contributed by atoms with Gasteiger partial charge in [0.15, 0.2) is 11.6 Å². The monoisotopic (exact) mass is 370 g/mol. The second-order valence-corrected chi connectivity index (χ2v) is 6.04. The first-order valence-corrected chi connectivity index (χ1v) is 8.67. The normalized spacial score (nSPS) is 12.9. The van der Waals surface area contributed by atoms with Crippen LogP contribution in [0.2, 0.25) is 0 Å². The molecule has 0 radical (unpaired) electrons. The first-order valence-electron chi connectivity index (χ1n) is 8.67. The lowest BCUT2D eigenvalue weighted by atomic mass is 10.1. The van der Waals surface area contributed by atoms with Crippen LogP contribution in [0.15, 0.2) is 48.5 Å². The molecule has 7 heteroatoms. The molecule has 1 N–H and O–H groups in total. The van der Waals surface area contributed by atoms with Gasteiger partial charge >= 0.3 is 0 Å². The average molecular weight is 370 g/mol. The zero-order valence-corrected chi connectivity index (χ0v) is 14.6. The van der Waals surface area contributed by atoms with Gasteiger partial charge < -0.3 is 10.1 Å². The van der Waals surface area contributed by atoms with Crippen LogP contribution in [0.5, 0.6) is 5.75 Å². The van der Waals surface area contributed by atoms with Crippen molar-refractivity contribution in [3.8, 4) is 5.75 Å². The fraction of sp³-hybridized carbons (Fsp3) is 0.250. The summed E-state index contributed by atoms with van der Waals surface area (Å²) in [5.74, 6) is -1.19. The minimum atomic E-state index is -0.454. The third-order valence-corrected chi connectivity index (χ3v) is 4.18. The number of amides is 3. The lowest BCUT2D eigenvalue weighted by Gasteiger charge is -2.13. The molecule has 3 amide bonds. The highest BCUT2D eigenvalue weighted by molar-refractivity contribution is 6.21. The summed E-state index contributed by atoms with van der Waals surface area (Å²) >= 11 is 0. The molecule has 0 atom stereocenters. The van der Waals surface area contributed by atoms with Gasteiger partial charge in [0.05, 0.1) is 17.7 Å². The number of fused-ring (bicyclic) bond motifs is 1. The molecule has 140 valence electrons. The number of carbonyl (C=O) groups is 3. The van der Waals surface area contributed by atoms with Gasteiger partial charge in [-0.05, 0) is 30.7 Å². The summed E-state index contributed by atoms with van der Waals surface area (Å²) in [6.07, 6.45) is 0.540. The molecule has 0 aliphatic carbocycles. The van der Waals surface area contributed by atoms with Crippen molar-refractivity contribution in [2.45, 2.75) is 12.8 Å². The Kier molecular flexibility index (Phi) is 5.80. The van der Waals surface area contributed by atoms with Crippen LogP contribution in [0.1, 0.15) is 33.6 Å². The number of nitrogens with zero attached hydrogens (tertiary/aromatic N) is 1. The van der Waals surface area contributed by atoms with Crippen molar-refractivity contribution in [1.82, 2.24) is 10.2 Å². The fourth-order valence-corrected chi connectivity index (χ4v) is 2.84. The highest BCUT2D eigenvalue weighted by Gasteiger charge is 2.34. The Morgan fingerprint density at radius 2 is 1.63 bits per heavy atom. The number of nitrogens with one attached hydrogen (secondary N) is 1. The molecule has 0 saturated heterocycles. The van der Waals surface area contributed by atoms with Crippen molar-refractivity contribution < 1.29 is 23.5 Å². The fourth-order valence-electron chi connectivity index (χ4n) is 2.84. The highest BCUT2D eigenvalue weighted by Crippen LogP contribution is 2.22. The van der Waals surface area contributed by atoms with E-state index in [-0.39, 0.29) is 49.6 Å². The molecule has 0 saturated carbocycles. The largest absolute Gasteiger partial charge is 0.489 e. The van der Waals surface area contributed by atoms with E-state index in [1.165, 1.54) is 17.0 Å². The van der Waals surface area contributed by atoms with Gasteiger partial charge in [-0.2, -0.15) is 0 Å². The summed E-state index contributed by atoms with van der Waals surface area (Å²) in [6, 6.07) is 12.7. The van der Waals surface area contributed by atoms with Crippen molar-refractivity contribution >= 4 is 17.7 Å². The molecule has 1 heterocycles. The van der Waals surface area contributed by atoms with Crippen LogP contribution < -0.4 is 10.1 Å². The van der Waals surface area contributed by atoms with E-state index in [4.69, 9.17) is 4.74 Å². The van der Waals surface area contributed by atoms with Crippen LogP contribution in [-0.4, -0.2) is 42.3 Å². The Hall–Kier alpha value is -3.22. The summed E-state index contributed by atoms with van der Waals surface area (Å²) in [5.41, 5.74) is 0.800. The standard InChI is InChI=1S/C20H19FN2O4/c21-16-8-3-4-9-17(16)27-13-11-22-18(24)10-5-12-23-19(25)14-6-1-2-7-15(14)20(23)26/h1-4,6-9H,5,10-13H2,(H,22,24). The number of rotatable bonds is 8. The summed E-state index contributed by atoms with van der Waals surface area (Å²) < 4.78 is 18.6. The quantitative estimate of drug-likeness (QED) is 0.572. The maximum atomic E-state index is 13.4. The van der Waals surface area contributed by atoms with Gasteiger partial charge in [0.25, 0.3) is 11.8 Å². The molecular weight excluding hydrogens is 351 g/mol. The second kappa shape index (κ2) is 8.44. The maximum absolute atomic E-state index is 13.4. The van der Waals surface area contributed by atoms with Crippen LogP contribution in [-0.2, 0) is 4.79 Å². The SMILES string of the molecule is O=C(CCCN1C(=O)c2ccccc2C1=O)NCCOc1ccccc1F. The molecule has 0 unspecified atom stereocenters. The molecule has 3 rings (SSSR count). The Morgan fingerprint density at radius 3 is 2.30 bits per heavy atom. The summed E-state index contributed by atoms with van der Waals surface area (Å²) in [5, 5.41) is 2.66. The first kappa shape index (κ1) is 18.6. The van der Waals surface area contributed by atoms with E-state index in [0.29, 0.717) is 17.5 Å². The van der Waals surface area contributed by atoms with Gasteiger partial charge in [0.1, 0.15) is 6.61 Å². The maximum Gasteiger partial charge on any atom is 0.261 e. The number of imide groups is 1. The van der Waals surface area contributed by atoms with Crippen molar-refractivity contribution in [2.24, 2.45) is 0 Å². The summed E-state index contributed by atoms with van der Waals surface area (Å²) in [7, 11) is 0. The van der Waals surface area contributed by atoms with E-state index in [1.54, 1.807) is 36.4 Å². The van der Waals surface area contributed by atoms with Gasteiger partial charge in [-0.1, -0.05) is 24.3 Å². The minimum Gasteiger partial charge on any atom is -0.489 e. The number of benzene rings is 2. The van der Waals surface area contributed by atoms with Gasteiger partial charge in [0, 0.05) is 13.0 Å². The molecular formula is C20H19FN2O4. The number of hydrogen-bond donors (Lipinski definition) is 1. The van der Waals surface area contributed by atoms with Crippen LogP contribution in [0, 0.1) is 5.82 Å². The van der Waals surface area contributed by atoms with Crippen LogP contribution in [0.3, 0.4) is 0 Å². The second-order valence-electron chi connectivity index (χ2n) is 6.04. The predicted octanol–water partition coefficient (Wildman–Crippen LogP) is 2.40. The zero-order valence-electron chi connectivity index (χ0n) is 14.6. The van der Waals surface area contributed by atoms with Crippen molar-refractivity contribution in [3.05, 3.63) is 65.5 Å². The van der Waals surface area contributed by atoms with Crippen molar-refractivity contribution in [3.63, 3.8) is 0 Å². The van der Waals surface area contributed by atoms with E-state index in [2.05, 4.69) is 5.32 Å². The zero-order chi connectivity index (χ0) is 19.2. The smallest absolute Gasteiger partial charge is 0.261 e. The van der Waals surface area contributed by atoms with Crippen LogP contribution >= 0.6 is 0 Å². The number of para-hydroxylation sites is 1. The third-order valence-electron chi connectivity index (χ3n) is 4.18. The Bertz CT molecular complexity index is 834. The summed E-state index contributed by atoms with van der Waals surface area (Å²) in [6.45, 7) is 0.566. The molecule has 0 spiro atoms. The first-order chi connectivity index (χ1) is 13.1. The highest BCUT2D eigenvalue weighted by atomic mass is 19.1. The average Bonchev–Trinajstić information content (AvgIpc) is 2.92.